The monoisotopic (exact) mass is 444 g/mol. The van der Waals surface area contributed by atoms with E-state index in [9.17, 15) is 9.59 Å². The van der Waals surface area contributed by atoms with Gasteiger partial charge in [-0.2, -0.15) is 9.36 Å². The molecule has 3 aromatic rings. The summed E-state index contributed by atoms with van der Waals surface area (Å²) in [7, 11) is 0. The number of benzene rings is 2. The first-order valence-corrected chi connectivity index (χ1v) is 11.6. The Morgan fingerprint density at radius 1 is 1.10 bits per heavy atom. The van der Waals surface area contributed by atoms with E-state index in [2.05, 4.69) is 20.0 Å². The van der Waals surface area contributed by atoms with Gasteiger partial charge in [0.05, 0.1) is 0 Å². The van der Waals surface area contributed by atoms with Crippen LogP contribution < -0.4 is 10.6 Å². The molecule has 0 spiro atoms. The first-order chi connectivity index (χ1) is 14.0. The zero-order valence-corrected chi connectivity index (χ0v) is 18.4. The first kappa shape index (κ1) is 21.4. The van der Waals surface area contributed by atoms with Crippen LogP contribution in [0.1, 0.15) is 24.7 Å². The molecule has 29 heavy (non-hydrogen) atoms. The van der Waals surface area contributed by atoms with Gasteiger partial charge in [0.25, 0.3) is 0 Å². The fourth-order valence-electron chi connectivity index (χ4n) is 2.51. The predicted molar refractivity (Wildman–Crippen MR) is 121 cm³/mol. The minimum absolute atomic E-state index is 0.137. The molecule has 150 valence electrons. The maximum atomic E-state index is 13.1. The van der Waals surface area contributed by atoms with E-state index in [1.54, 1.807) is 0 Å². The Labute approximate surface area is 182 Å². The molecule has 0 fully saturated rings. The van der Waals surface area contributed by atoms with E-state index >= 15 is 0 Å². The highest BCUT2D eigenvalue weighted by Gasteiger charge is 2.23. The van der Waals surface area contributed by atoms with E-state index in [1.165, 1.54) is 42.0 Å². The SMILES string of the molecule is CCSc1nsc(NC(=O)C(Sc2cccc(NC(C)=O)c2)c2ccccc2)n1. The number of aromatic nitrogens is 2. The maximum absolute atomic E-state index is 13.1. The third-order valence-corrected chi connectivity index (χ3v) is 6.38. The largest absolute Gasteiger partial charge is 0.326 e. The number of hydrogen-bond acceptors (Lipinski definition) is 7. The molecule has 2 aromatic carbocycles. The highest BCUT2D eigenvalue weighted by molar-refractivity contribution is 8.00. The lowest BCUT2D eigenvalue weighted by Crippen LogP contribution is -2.19. The lowest BCUT2D eigenvalue weighted by atomic mass is 10.1. The summed E-state index contributed by atoms with van der Waals surface area (Å²) in [5.74, 6) is 0.564. The van der Waals surface area contributed by atoms with Gasteiger partial charge in [0.15, 0.2) is 0 Å². The van der Waals surface area contributed by atoms with Gasteiger partial charge in [-0.3, -0.25) is 14.9 Å². The van der Waals surface area contributed by atoms with Crippen molar-refractivity contribution in [1.29, 1.82) is 0 Å². The van der Waals surface area contributed by atoms with Crippen molar-refractivity contribution in [3.05, 3.63) is 60.2 Å². The molecule has 1 aromatic heterocycles. The van der Waals surface area contributed by atoms with Gasteiger partial charge in [-0.05, 0) is 29.5 Å². The molecule has 6 nitrogen and oxygen atoms in total. The van der Waals surface area contributed by atoms with Crippen molar-refractivity contribution in [1.82, 2.24) is 9.36 Å². The van der Waals surface area contributed by atoms with Gasteiger partial charge in [-0.1, -0.05) is 55.1 Å². The molecule has 2 N–H and O–H groups in total. The average Bonchev–Trinajstić information content (AvgIpc) is 3.13. The zero-order chi connectivity index (χ0) is 20.6. The lowest BCUT2D eigenvalue weighted by Gasteiger charge is -2.16. The van der Waals surface area contributed by atoms with Crippen LogP contribution in [-0.4, -0.2) is 26.9 Å². The number of rotatable bonds is 8. The summed E-state index contributed by atoms with van der Waals surface area (Å²) in [5.41, 5.74) is 1.58. The molecule has 0 bridgehead atoms. The summed E-state index contributed by atoms with van der Waals surface area (Å²) in [6.07, 6.45) is 0. The fraction of sp³-hybridized carbons (Fsp3) is 0.200. The normalized spacial score (nSPS) is 11.7. The molecule has 1 unspecified atom stereocenters. The minimum atomic E-state index is -0.477. The second-order valence-corrected chi connectivity index (χ2v) is 9.08. The standard InChI is InChI=1S/C20H20N4O2S3/c1-3-27-20-23-19(29-24-20)22-18(26)17(14-8-5-4-6-9-14)28-16-11-7-10-15(12-16)21-13(2)25/h4-12,17H,3H2,1-2H3,(H,21,25)(H,22,23,24,26). The van der Waals surface area contributed by atoms with Crippen molar-refractivity contribution in [3.63, 3.8) is 0 Å². The molecule has 3 rings (SSSR count). The third-order valence-electron chi connectivity index (χ3n) is 3.66. The predicted octanol–water partition coefficient (Wildman–Crippen LogP) is 5.08. The Balaban J connectivity index is 1.81. The van der Waals surface area contributed by atoms with E-state index in [-0.39, 0.29) is 11.8 Å². The summed E-state index contributed by atoms with van der Waals surface area (Å²) in [6.45, 7) is 3.49. The van der Waals surface area contributed by atoms with Gasteiger partial charge in [-0.25, -0.2) is 0 Å². The van der Waals surface area contributed by atoms with E-state index in [4.69, 9.17) is 0 Å². The van der Waals surface area contributed by atoms with Crippen LogP contribution in [-0.2, 0) is 9.59 Å². The van der Waals surface area contributed by atoms with E-state index in [0.29, 0.717) is 16.0 Å². The molecule has 9 heteroatoms. The van der Waals surface area contributed by atoms with Crippen LogP contribution in [0.4, 0.5) is 10.8 Å². The van der Waals surface area contributed by atoms with Gasteiger partial charge in [0, 0.05) is 29.0 Å². The molecule has 1 heterocycles. The molecule has 0 aliphatic heterocycles. The van der Waals surface area contributed by atoms with Crippen molar-refractivity contribution < 1.29 is 9.59 Å². The van der Waals surface area contributed by atoms with Crippen molar-refractivity contribution >= 4 is 57.7 Å². The van der Waals surface area contributed by atoms with Crippen LogP contribution in [0.5, 0.6) is 0 Å². The topological polar surface area (TPSA) is 84.0 Å². The Morgan fingerprint density at radius 2 is 1.90 bits per heavy atom. The summed E-state index contributed by atoms with van der Waals surface area (Å²) in [6, 6.07) is 17.0. The smallest absolute Gasteiger partial charge is 0.244 e. The number of thioether (sulfide) groups is 2. The molecular weight excluding hydrogens is 424 g/mol. The Bertz CT molecular complexity index is 979. The summed E-state index contributed by atoms with van der Waals surface area (Å²) < 4.78 is 4.25. The van der Waals surface area contributed by atoms with Crippen molar-refractivity contribution in [2.24, 2.45) is 0 Å². The molecule has 0 aliphatic rings. The van der Waals surface area contributed by atoms with Crippen LogP contribution in [0.15, 0.2) is 64.6 Å². The van der Waals surface area contributed by atoms with Crippen LogP contribution in [0, 0.1) is 0 Å². The highest BCUT2D eigenvalue weighted by Crippen LogP contribution is 2.37. The third kappa shape index (κ3) is 6.31. The van der Waals surface area contributed by atoms with Gasteiger partial charge < -0.3 is 5.32 Å². The minimum Gasteiger partial charge on any atom is -0.326 e. The Hall–Kier alpha value is -2.36. The van der Waals surface area contributed by atoms with E-state index < -0.39 is 5.25 Å². The summed E-state index contributed by atoms with van der Waals surface area (Å²) in [4.78, 5) is 29.6. The van der Waals surface area contributed by atoms with Crippen molar-refractivity contribution in [2.45, 2.75) is 29.1 Å². The van der Waals surface area contributed by atoms with Gasteiger partial charge in [-0.15, -0.1) is 11.8 Å². The van der Waals surface area contributed by atoms with Gasteiger partial charge >= 0.3 is 0 Å². The van der Waals surface area contributed by atoms with Crippen molar-refractivity contribution in [3.8, 4) is 0 Å². The highest BCUT2D eigenvalue weighted by atomic mass is 32.2. The number of nitrogens with one attached hydrogen (secondary N) is 2. The van der Waals surface area contributed by atoms with E-state index in [1.807, 2.05) is 61.5 Å². The number of carbonyl (C=O) groups is 2. The first-order valence-electron chi connectivity index (χ1n) is 8.91. The Kier molecular flexibility index (Phi) is 7.68. The summed E-state index contributed by atoms with van der Waals surface area (Å²) in [5, 5.41) is 6.33. The molecule has 2 amide bonds. The number of hydrogen-bond donors (Lipinski definition) is 2. The van der Waals surface area contributed by atoms with Gasteiger partial charge in [0.1, 0.15) is 5.25 Å². The van der Waals surface area contributed by atoms with E-state index in [0.717, 1.165) is 16.2 Å². The van der Waals surface area contributed by atoms with Crippen LogP contribution in [0.2, 0.25) is 0 Å². The van der Waals surface area contributed by atoms with Gasteiger partial charge in [0.2, 0.25) is 22.1 Å². The summed E-state index contributed by atoms with van der Waals surface area (Å²) >= 11 is 4.12. The molecule has 0 radical (unpaired) electrons. The molecule has 1 atom stereocenters. The lowest BCUT2D eigenvalue weighted by molar-refractivity contribution is -0.116. The molecular formula is C20H20N4O2S3. The molecule has 0 saturated heterocycles. The van der Waals surface area contributed by atoms with Crippen LogP contribution in [0.25, 0.3) is 0 Å². The molecule has 0 saturated carbocycles. The number of amides is 2. The maximum Gasteiger partial charge on any atom is 0.244 e. The second kappa shape index (κ2) is 10.4. The second-order valence-electron chi connectivity index (χ2n) is 5.92. The number of anilines is 2. The van der Waals surface area contributed by atoms with Crippen LogP contribution in [0.3, 0.4) is 0 Å². The Morgan fingerprint density at radius 3 is 2.62 bits per heavy atom. The zero-order valence-electron chi connectivity index (χ0n) is 15.9. The quantitative estimate of drug-likeness (QED) is 0.471. The number of carbonyl (C=O) groups excluding carboxylic acids is 2. The average molecular weight is 445 g/mol. The number of nitrogens with zero attached hydrogens (tertiary/aromatic N) is 2. The van der Waals surface area contributed by atoms with Crippen LogP contribution >= 0.6 is 35.1 Å². The van der Waals surface area contributed by atoms with Crippen molar-refractivity contribution in [2.75, 3.05) is 16.4 Å². The fourth-order valence-corrected chi connectivity index (χ4v) is 4.86. The molecule has 0 aliphatic carbocycles.